The zero-order valence-corrected chi connectivity index (χ0v) is 17.7. The molecule has 0 fully saturated rings. The molecule has 0 amide bonds. The molecule has 0 unspecified atom stereocenters. The third-order valence-corrected chi connectivity index (χ3v) is 5.01. The Labute approximate surface area is 173 Å². The third-order valence-electron chi connectivity index (χ3n) is 5.01. The molecule has 0 spiro atoms. The lowest BCUT2D eigenvalue weighted by molar-refractivity contribution is 0.411. The minimum absolute atomic E-state index is 0.255. The van der Waals surface area contributed by atoms with Gasteiger partial charge in [-0.1, -0.05) is 37.8 Å². The third kappa shape index (κ3) is 4.93. The van der Waals surface area contributed by atoms with E-state index >= 15 is 0 Å². The van der Waals surface area contributed by atoms with Gasteiger partial charge in [-0.25, -0.2) is 9.38 Å². The van der Waals surface area contributed by atoms with Crippen LogP contribution in [0.3, 0.4) is 0 Å². The normalized spacial score (nSPS) is 14.4. The first-order chi connectivity index (χ1) is 13.9. The molecule has 0 atom stereocenters. The van der Waals surface area contributed by atoms with E-state index in [0.717, 1.165) is 40.6 Å². The van der Waals surface area contributed by atoms with E-state index in [1.807, 2.05) is 26.2 Å². The van der Waals surface area contributed by atoms with Crippen molar-refractivity contribution in [3.8, 4) is 0 Å². The Hall–Kier alpha value is -2.92. The Kier molecular flexibility index (Phi) is 6.49. The van der Waals surface area contributed by atoms with E-state index in [0.29, 0.717) is 13.1 Å². The van der Waals surface area contributed by atoms with E-state index in [1.165, 1.54) is 17.7 Å². The van der Waals surface area contributed by atoms with E-state index in [2.05, 4.69) is 53.8 Å². The molecular formula is C24H29FN4. The van der Waals surface area contributed by atoms with Crippen LogP contribution < -0.4 is 10.2 Å². The van der Waals surface area contributed by atoms with Crippen molar-refractivity contribution in [2.24, 2.45) is 4.99 Å². The second-order valence-corrected chi connectivity index (χ2v) is 7.46. The summed E-state index contributed by atoms with van der Waals surface area (Å²) < 4.78 is 13.7. The zero-order valence-electron chi connectivity index (χ0n) is 17.7. The largest absolute Gasteiger partial charge is 0.347 e. The number of aryl methyl sites for hydroxylation is 1. The minimum atomic E-state index is -0.255. The average molecular weight is 393 g/mol. The number of benzene rings is 2. The predicted octanol–water partition coefficient (Wildman–Crippen LogP) is 5.29. The smallest absolute Gasteiger partial charge is 0.125 e. The van der Waals surface area contributed by atoms with Crippen LogP contribution in [0.25, 0.3) is 5.70 Å². The number of nitrogens with one attached hydrogen (secondary N) is 1. The number of likely N-dealkylation sites (N-methyl/N-ethyl adjacent to an activating group) is 2. The van der Waals surface area contributed by atoms with Crippen molar-refractivity contribution in [1.82, 2.24) is 4.90 Å². The Morgan fingerprint density at radius 2 is 1.97 bits per heavy atom. The van der Waals surface area contributed by atoms with Gasteiger partial charge in [0.25, 0.3) is 0 Å². The molecule has 5 heteroatoms. The minimum Gasteiger partial charge on any atom is -0.347 e. The lowest BCUT2D eigenvalue weighted by Gasteiger charge is -2.28. The summed E-state index contributed by atoms with van der Waals surface area (Å²) in [5, 5.41) is 3.28. The van der Waals surface area contributed by atoms with Gasteiger partial charge in [0.1, 0.15) is 11.7 Å². The predicted molar refractivity (Wildman–Crippen MR) is 122 cm³/mol. The number of aliphatic imine (C=N–C) groups is 1. The topological polar surface area (TPSA) is 30.9 Å². The van der Waals surface area contributed by atoms with Crippen molar-refractivity contribution in [2.75, 3.05) is 37.4 Å². The quantitative estimate of drug-likeness (QED) is 0.694. The first-order valence-corrected chi connectivity index (χ1v) is 9.89. The second kappa shape index (κ2) is 9.05. The number of fused-ring (bicyclic) bond motifs is 1. The number of allylic oxidation sites excluding steroid dienone is 1. The molecule has 152 valence electrons. The maximum absolute atomic E-state index is 13.7. The van der Waals surface area contributed by atoms with E-state index in [1.54, 1.807) is 6.07 Å². The summed E-state index contributed by atoms with van der Waals surface area (Å²) in [6, 6.07) is 13.1. The van der Waals surface area contributed by atoms with Crippen LogP contribution in [-0.2, 0) is 0 Å². The number of anilines is 2. The molecular weight excluding hydrogens is 363 g/mol. The fourth-order valence-electron chi connectivity index (χ4n) is 3.50. The van der Waals surface area contributed by atoms with Gasteiger partial charge in [0.2, 0.25) is 0 Å². The Morgan fingerprint density at radius 1 is 1.21 bits per heavy atom. The number of para-hydroxylation sites is 1. The molecule has 0 aliphatic carbocycles. The number of hydrogen-bond donors (Lipinski definition) is 1. The van der Waals surface area contributed by atoms with Crippen LogP contribution in [0.2, 0.25) is 0 Å². The number of rotatable bonds is 7. The van der Waals surface area contributed by atoms with E-state index in [4.69, 9.17) is 4.99 Å². The maximum atomic E-state index is 13.7. The van der Waals surface area contributed by atoms with Gasteiger partial charge in [0, 0.05) is 30.5 Å². The van der Waals surface area contributed by atoms with Crippen LogP contribution in [0, 0.1) is 12.7 Å². The first-order valence-electron chi connectivity index (χ1n) is 9.89. The number of hydrogen-bond acceptors (Lipinski definition) is 4. The van der Waals surface area contributed by atoms with E-state index in [9.17, 15) is 4.39 Å². The van der Waals surface area contributed by atoms with E-state index < -0.39 is 0 Å². The summed E-state index contributed by atoms with van der Waals surface area (Å²) in [6.07, 6.45) is 2.94. The second-order valence-electron chi connectivity index (χ2n) is 7.46. The van der Waals surface area contributed by atoms with Crippen LogP contribution in [0.5, 0.6) is 0 Å². The van der Waals surface area contributed by atoms with Gasteiger partial charge in [-0.05, 0) is 50.2 Å². The molecule has 1 heterocycles. The molecule has 2 aromatic rings. The zero-order chi connectivity index (χ0) is 21.0. The van der Waals surface area contributed by atoms with Gasteiger partial charge in [-0.15, -0.1) is 0 Å². The SMILES string of the molecule is C=C(CN(C)CC1=N/C(=C/CC)c2ccc(F)cc2N1)N(C)c1ccccc1C. The molecule has 0 aromatic heterocycles. The van der Waals surface area contributed by atoms with Crippen molar-refractivity contribution in [3.05, 3.63) is 77.8 Å². The monoisotopic (exact) mass is 392 g/mol. The van der Waals surface area contributed by atoms with Crippen LogP contribution in [0.1, 0.15) is 24.5 Å². The molecule has 1 N–H and O–H groups in total. The Balaban J connectivity index is 1.70. The lowest BCUT2D eigenvalue weighted by Crippen LogP contribution is -2.35. The number of nitrogens with zero attached hydrogens (tertiary/aromatic N) is 3. The van der Waals surface area contributed by atoms with Gasteiger partial charge >= 0.3 is 0 Å². The van der Waals surface area contributed by atoms with Crippen molar-refractivity contribution >= 4 is 22.9 Å². The lowest BCUT2D eigenvalue weighted by atomic mass is 10.1. The first kappa shape index (κ1) is 20.8. The van der Waals surface area contributed by atoms with Crippen molar-refractivity contribution in [2.45, 2.75) is 20.3 Å². The molecule has 0 bridgehead atoms. The molecule has 3 rings (SSSR count). The molecule has 1 aliphatic heterocycles. The van der Waals surface area contributed by atoms with Gasteiger partial charge in [-0.2, -0.15) is 0 Å². The van der Waals surface area contributed by atoms with Gasteiger partial charge in [0.05, 0.1) is 17.9 Å². The molecule has 1 aliphatic rings. The molecule has 29 heavy (non-hydrogen) atoms. The highest BCUT2D eigenvalue weighted by molar-refractivity contribution is 6.05. The Bertz CT molecular complexity index is 961. The summed E-state index contributed by atoms with van der Waals surface area (Å²) in [7, 11) is 4.07. The van der Waals surface area contributed by atoms with Crippen molar-refractivity contribution in [1.29, 1.82) is 0 Å². The molecule has 2 aromatic carbocycles. The van der Waals surface area contributed by atoms with Crippen LogP contribution in [0.4, 0.5) is 15.8 Å². The van der Waals surface area contributed by atoms with Gasteiger partial charge in [-0.3, -0.25) is 4.90 Å². The highest BCUT2D eigenvalue weighted by Crippen LogP contribution is 2.30. The molecule has 0 saturated carbocycles. The van der Waals surface area contributed by atoms with Crippen LogP contribution in [-0.4, -0.2) is 37.9 Å². The standard InChI is InChI=1S/C24H29FN4/c1-6-9-21-20-13-12-19(25)14-22(20)27-24(26-21)16-28(4)15-18(3)29(5)23-11-8-7-10-17(23)2/h7-14H,3,6,15-16H2,1-2,4-5H3,(H,26,27)/b21-9+. The number of halogens is 1. The van der Waals surface area contributed by atoms with Crippen LogP contribution in [0.15, 0.2) is 65.8 Å². The highest BCUT2D eigenvalue weighted by atomic mass is 19.1. The molecule has 4 nitrogen and oxygen atoms in total. The Morgan fingerprint density at radius 3 is 2.69 bits per heavy atom. The van der Waals surface area contributed by atoms with Crippen LogP contribution >= 0.6 is 0 Å². The van der Waals surface area contributed by atoms with Gasteiger partial charge in [0.15, 0.2) is 0 Å². The maximum Gasteiger partial charge on any atom is 0.125 e. The van der Waals surface area contributed by atoms with E-state index in [-0.39, 0.29) is 5.82 Å². The average Bonchev–Trinajstić information content (AvgIpc) is 2.67. The summed E-state index contributed by atoms with van der Waals surface area (Å²) in [5.41, 5.74) is 5.94. The number of amidine groups is 1. The summed E-state index contributed by atoms with van der Waals surface area (Å²) in [4.78, 5) is 9.04. The van der Waals surface area contributed by atoms with Crippen molar-refractivity contribution < 1.29 is 4.39 Å². The van der Waals surface area contributed by atoms with Crippen molar-refractivity contribution in [3.63, 3.8) is 0 Å². The summed E-state index contributed by atoms with van der Waals surface area (Å²) >= 11 is 0. The summed E-state index contributed by atoms with van der Waals surface area (Å²) in [5.74, 6) is 0.548. The highest BCUT2D eigenvalue weighted by Gasteiger charge is 2.18. The fourth-order valence-corrected chi connectivity index (χ4v) is 3.50. The molecule has 0 saturated heterocycles. The fraction of sp³-hybridized carbons (Fsp3) is 0.292. The van der Waals surface area contributed by atoms with Gasteiger partial charge < -0.3 is 10.2 Å². The molecule has 0 radical (unpaired) electrons. The summed E-state index contributed by atoms with van der Waals surface area (Å²) in [6.45, 7) is 9.73.